The Kier molecular flexibility index (Phi) is 5.47. The minimum atomic E-state index is -0.347. The maximum absolute atomic E-state index is 11.2. The molecule has 0 aliphatic heterocycles. The van der Waals surface area contributed by atoms with E-state index >= 15 is 0 Å². The van der Waals surface area contributed by atoms with Crippen LogP contribution < -0.4 is 10.6 Å². The Morgan fingerprint density at radius 1 is 1.40 bits per heavy atom. The van der Waals surface area contributed by atoms with Gasteiger partial charge >= 0.3 is 6.03 Å². The zero-order valence-corrected chi connectivity index (χ0v) is 9.46. The van der Waals surface area contributed by atoms with Gasteiger partial charge in [0.15, 0.2) is 0 Å². The van der Waals surface area contributed by atoms with Gasteiger partial charge < -0.3 is 15.7 Å². The van der Waals surface area contributed by atoms with E-state index in [9.17, 15) is 4.79 Å². The number of urea groups is 1. The first-order valence-electron chi connectivity index (χ1n) is 5.88. The lowest BCUT2D eigenvalue weighted by Gasteiger charge is -2.25. The van der Waals surface area contributed by atoms with E-state index in [-0.39, 0.29) is 12.1 Å². The topological polar surface area (TPSA) is 61.4 Å². The summed E-state index contributed by atoms with van der Waals surface area (Å²) in [6, 6.07) is -0.116. The number of carbonyl (C=O) groups excluding carboxylic acids is 1. The third-order valence-corrected chi connectivity index (χ3v) is 2.91. The molecule has 1 aliphatic rings. The molecule has 4 nitrogen and oxygen atoms in total. The highest BCUT2D eigenvalue weighted by molar-refractivity contribution is 5.73. The largest absolute Gasteiger partial charge is 0.393 e. The van der Waals surface area contributed by atoms with Crippen LogP contribution in [0.4, 0.5) is 4.79 Å². The molecule has 0 aromatic carbocycles. The molecular weight excluding hydrogens is 192 g/mol. The molecule has 0 saturated heterocycles. The first kappa shape index (κ1) is 12.3. The van der Waals surface area contributed by atoms with Gasteiger partial charge in [0.1, 0.15) is 0 Å². The summed E-state index contributed by atoms with van der Waals surface area (Å²) < 4.78 is 0. The lowest BCUT2D eigenvalue weighted by Crippen LogP contribution is -2.38. The quantitative estimate of drug-likeness (QED) is 0.623. The third kappa shape index (κ3) is 5.62. The van der Waals surface area contributed by atoms with Gasteiger partial charge in [0.2, 0.25) is 0 Å². The molecule has 0 aromatic heterocycles. The summed E-state index contributed by atoms with van der Waals surface area (Å²) in [4.78, 5) is 11.2. The van der Waals surface area contributed by atoms with E-state index in [1.165, 1.54) is 19.3 Å². The van der Waals surface area contributed by atoms with Crippen LogP contribution in [-0.2, 0) is 0 Å². The number of hydrogen-bond donors (Lipinski definition) is 3. The third-order valence-electron chi connectivity index (χ3n) is 2.91. The van der Waals surface area contributed by atoms with Gasteiger partial charge in [-0.1, -0.05) is 19.3 Å². The number of amides is 2. The summed E-state index contributed by atoms with van der Waals surface area (Å²) in [5.74, 6) is 0.836. The smallest absolute Gasteiger partial charge is 0.314 e. The highest BCUT2D eigenvalue weighted by Crippen LogP contribution is 2.28. The van der Waals surface area contributed by atoms with Gasteiger partial charge in [-0.2, -0.15) is 0 Å². The predicted octanol–water partition coefficient (Wildman–Crippen LogP) is 1.25. The van der Waals surface area contributed by atoms with Crippen LogP contribution in [0.25, 0.3) is 0 Å². The predicted molar refractivity (Wildman–Crippen MR) is 59.7 cm³/mol. The van der Waals surface area contributed by atoms with Gasteiger partial charge in [0.05, 0.1) is 6.10 Å². The molecule has 88 valence electrons. The Morgan fingerprint density at radius 2 is 2.07 bits per heavy atom. The van der Waals surface area contributed by atoms with E-state index in [0.717, 1.165) is 18.9 Å². The van der Waals surface area contributed by atoms with Crippen molar-refractivity contribution in [1.29, 1.82) is 0 Å². The maximum Gasteiger partial charge on any atom is 0.314 e. The highest BCUT2D eigenvalue weighted by atomic mass is 16.3. The van der Waals surface area contributed by atoms with Gasteiger partial charge in [-0.25, -0.2) is 4.79 Å². The number of aliphatic hydroxyl groups excluding tert-OH is 1. The number of nitrogens with one attached hydrogen (secondary N) is 2. The second-order valence-corrected chi connectivity index (χ2v) is 4.41. The van der Waals surface area contributed by atoms with Crippen molar-refractivity contribution in [2.24, 2.45) is 5.92 Å². The molecule has 4 heteroatoms. The van der Waals surface area contributed by atoms with Gasteiger partial charge in [-0.15, -0.1) is 0 Å². The fourth-order valence-electron chi connectivity index (χ4n) is 1.63. The Labute approximate surface area is 91.4 Å². The average molecular weight is 214 g/mol. The summed E-state index contributed by atoms with van der Waals surface area (Å²) >= 11 is 0. The van der Waals surface area contributed by atoms with Crippen LogP contribution in [-0.4, -0.2) is 30.3 Å². The lowest BCUT2D eigenvalue weighted by atomic mass is 9.83. The van der Waals surface area contributed by atoms with Crippen LogP contribution in [0.3, 0.4) is 0 Å². The fraction of sp³-hybridized carbons (Fsp3) is 0.909. The Balaban J connectivity index is 1.88. The molecule has 1 rings (SSSR count). The van der Waals surface area contributed by atoms with Crippen molar-refractivity contribution in [2.45, 2.75) is 45.1 Å². The zero-order valence-electron chi connectivity index (χ0n) is 9.46. The molecule has 3 N–H and O–H groups in total. The van der Waals surface area contributed by atoms with Crippen LogP contribution in [0.2, 0.25) is 0 Å². The van der Waals surface area contributed by atoms with Gasteiger partial charge in [0.25, 0.3) is 0 Å². The number of hydrogen-bond acceptors (Lipinski definition) is 2. The van der Waals surface area contributed by atoms with E-state index < -0.39 is 0 Å². The second kappa shape index (κ2) is 6.67. The van der Waals surface area contributed by atoms with Crippen molar-refractivity contribution in [3.8, 4) is 0 Å². The molecule has 0 spiro atoms. The number of rotatable bonds is 6. The summed E-state index contributed by atoms with van der Waals surface area (Å²) in [7, 11) is 0. The molecule has 0 heterocycles. The van der Waals surface area contributed by atoms with Crippen LogP contribution in [0.5, 0.6) is 0 Å². The maximum atomic E-state index is 11.2. The Hall–Kier alpha value is -0.770. The van der Waals surface area contributed by atoms with Crippen LogP contribution >= 0.6 is 0 Å². The van der Waals surface area contributed by atoms with E-state index in [1.807, 2.05) is 0 Å². The van der Waals surface area contributed by atoms with Gasteiger partial charge in [-0.3, -0.25) is 0 Å². The van der Waals surface area contributed by atoms with Crippen LogP contribution in [0, 0.1) is 5.92 Å². The monoisotopic (exact) mass is 214 g/mol. The summed E-state index contributed by atoms with van der Waals surface area (Å²) in [5.41, 5.74) is 0. The summed E-state index contributed by atoms with van der Waals surface area (Å²) in [6.45, 7) is 3.02. The fourth-order valence-corrected chi connectivity index (χ4v) is 1.63. The van der Waals surface area contributed by atoms with Crippen molar-refractivity contribution < 1.29 is 9.90 Å². The molecule has 2 amide bonds. The summed E-state index contributed by atoms with van der Waals surface area (Å²) in [5, 5.41) is 14.5. The zero-order chi connectivity index (χ0) is 11.1. The summed E-state index contributed by atoms with van der Waals surface area (Å²) in [6.07, 6.45) is 5.36. The molecule has 1 unspecified atom stereocenters. The first-order chi connectivity index (χ1) is 7.18. The molecule has 15 heavy (non-hydrogen) atoms. The van der Waals surface area contributed by atoms with Crippen molar-refractivity contribution in [3.63, 3.8) is 0 Å². The van der Waals surface area contributed by atoms with Crippen LogP contribution in [0.1, 0.15) is 39.0 Å². The molecule has 0 radical (unpaired) electrons. The van der Waals surface area contributed by atoms with Crippen LogP contribution in [0.15, 0.2) is 0 Å². The van der Waals surface area contributed by atoms with Crippen molar-refractivity contribution in [2.75, 3.05) is 13.1 Å². The number of carbonyl (C=O) groups is 1. The van der Waals surface area contributed by atoms with E-state index in [4.69, 9.17) is 5.11 Å². The average Bonchev–Trinajstić information content (AvgIpc) is 2.08. The molecule has 1 saturated carbocycles. The van der Waals surface area contributed by atoms with Gasteiger partial charge in [0, 0.05) is 13.1 Å². The molecular formula is C11H22N2O2. The van der Waals surface area contributed by atoms with E-state index in [0.29, 0.717) is 13.0 Å². The Morgan fingerprint density at radius 3 is 2.60 bits per heavy atom. The standard InChI is InChI=1S/C11H22N2O2/c1-9(14)5-7-12-11(15)13-8-6-10-3-2-4-10/h9-10,14H,2-8H2,1H3,(H2,12,13,15). The van der Waals surface area contributed by atoms with Crippen molar-refractivity contribution in [1.82, 2.24) is 10.6 Å². The first-order valence-corrected chi connectivity index (χ1v) is 5.88. The van der Waals surface area contributed by atoms with E-state index in [1.54, 1.807) is 6.92 Å². The Bertz CT molecular complexity index is 191. The molecule has 1 fully saturated rings. The lowest BCUT2D eigenvalue weighted by molar-refractivity contribution is 0.183. The number of aliphatic hydroxyl groups is 1. The van der Waals surface area contributed by atoms with Gasteiger partial charge in [-0.05, 0) is 25.7 Å². The molecule has 1 atom stereocenters. The minimum Gasteiger partial charge on any atom is -0.393 e. The minimum absolute atomic E-state index is 0.116. The normalized spacial score (nSPS) is 18.0. The molecule has 0 bridgehead atoms. The molecule has 0 aromatic rings. The highest BCUT2D eigenvalue weighted by Gasteiger charge is 2.16. The molecule has 1 aliphatic carbocycles. The van der Waals surface area contributed by atoms with Crippen molar-refractivity contribution in [3.05, 3.63) is 0 Å². The van der Waals surface area contributed by atoms with E-state index in [2.05, 4.69) is 10.6 Å². The SMILES string of the molecule is CC(O)CCNC(=O)NCCC1CCC1. The second-order valence-electron chi connectivity index (χ2n) is 4.41. The van der Waals surface area contributed by atoms with Crippen molar-refractivity contribution >= 4 is 6.03 Å².